The molecule has 5 nitrogen and oxygen atoms in total. The molecule has 1 amide bonds. The van der Waals surface area contributed by atoms with Crippen LogP contribution < -0.4 is 5.73 Å². The SMILES string of the molecule is Cn1cc(CC(CN)C(=O)N2CCCCC2)cn1. The molecule has 100 valence electrons. The van der Waals surface area contributed by atoms with E-state index in [2.05, 4.69) is 5.10 Å². The molecule has 0 aromatic carbocycles. The van der Waals surface area contributed by atoms with E-state index in [1.54, 1.807) is 4.68 Å². The van der Waals surface area contributed by atoms with Crippen LogP contribution in [0, 0.1) is 5.92 Å². The van der Waals surface area contributed by atoms with Crippen molar-refractivity contribution in [1.29, 1.82) is 0 Å². The van der Waals surface area contributed by atoms with Gasteiger partial charge in [-0.25, -0.2) is 0 Å². The second-order valence-corrected chi connectivity index (χ2v) is 5.04. The highest BCUT2D eigenvalue weighted by atomic mass is 16.2. The molecule has 1 fully saturated rings. The maximum atomic E-state index is 12.4. The summed E-state index contributed by atoms with van der Waals surface area (Å²) in [6.07, 6.45) is 7.93. The van der Waals surface area contributed by atoms with Crippen molar-refractivity contribution in [3.05, 3.63) is 18.0 Å². The van der Waals surface area contributed by atoms with Crippen molar-refractivity contribution in [3.8, 4) is 0 Å². The van der Waals surface area contributed by atoms with Crippen molar-refractivity contribution in [3.63, 3.8) is 0 Å². The van der Waals surface area contributed by atoms with Crippen molar-refractivity contribution in [2.24, 2.45) is 18.7 Å². The van der Waals surface area contributed by atoms with Crippen molar-refractivity contribution < 1.29 is 4.79 Å². The Morgan fingerprint density at radius 1 is 1.44 bits per heavy atom. The molecular weight excluding hydrogens is 228 g/mol. The lowest BCUT2D eigenvalue weighted by molar-refractivity contribution is -0.136. The van der Waals surface area contributed by atoms with Crippen LogP contribution in [-0.2, 0) is 18.3 Å². The molecule has 1 aliphatic rings. The Morgan fingerprint density at radius 2 is 2.17 bits per heavy atom. The Morgan fingerprint density at radius 3 is 2.72 bits per heavy atom. The zero-order chi connectivity index (χ0) is 13.0. The number of amides is 1. The highest BCUT2D eigenvalue weighted by molar-refractivity contribution is 5.79. The van der Waals surface area contributed by atoms with Gasteiger partial charge >= 0.3 is 0 Å². The third-order valence-electron chi connectivity index (χ3n) is 3.54. The van der Waals surface area contributed by atoms with Crippen LogP contribution in [-0.4, -0.2) is 40.2 Å². The fourth-order valence-corrected chi connectivity index (χ4v) is 2.51. The molecule has 1 atom stereocenters. The van der Waals surface area contributed by atoms with Gasteiger partial charge in [-0.05, 0) is 31.2 Å². The summed E-state index contributed by atoms with van der Waals surface area (Å²) in [6, 6.07) is 0. The summed E-state index contributed by atoms with van der Waals surface area (Å²) < 4.78 is 1.76. The maximum Gasteiger partial charge on any atom is 0.227 e. The van der Waals surface area contributed by atoms with E-state index in [9.17, 15) is 4.79 Å². The molecule has 0 saturated carbocycles. The molecule has 0 aliphatic carbocycles. The number of nitrogens with two attached hydrogens (primary N) is 1. The lowest BCUT2D eigenvalue weighted by Crippen LogP contribution is -2.42. The van der Waals surface area contributed by atoms with Crippen molar-refractivity contribution in [2.45, 2.75) is 25.7 Å². The molecule has 0 bridgehead atoms. The van der Waals surface area contributed by atoms with Gasteiger partial charge in [0.1, 0.15) is 0 Å². The number of aromatic nitrogens is 2. The van der Waals surface area contributed by atoms with E-state index in [0.29, 0.717) is 13.0 Å². The van der Waals surface area contributed by atoms with Crippen LogP contribution in [0.25, 0.3) is 0 Å². The number of hydrogen-bond donors (Lipinski definition) is 1. The minimum Gasteiger partial charge on any atom is -0.342 e. The van der Waals surface area contributed by atoms with E-state index in [0.717, 1.165) is 31.5 Å². The molecule has 18 heavy (non-hydrogen) atoms. The second-order valence-electron chi connectivity index (χ2n) is 5.04. The van der Waals surface area contributed by atoms with Gasteiger partial charge in [0.15, 0.2) is 0 Å². The van der Waals surface area contributed by atoms with Crippen molar-refractivity contribution in [1.82, 2.24) is 14.7 Å². The molecule has 2 N–H and O–H groups in total. The van der Waals surface area contributed by atoms with E-state index in [1.807, 2.05) is 24.3 Å². The van der Waals surface area contributed by atoms with Crippen molar-refractivity contribution in [2.75, 3.05) is 19.6 Å². The number of carbonyl (C=O) groups excluding carboxylic acids is 1. The molecular formula is C13H22N4O. The Bertz CT molecular complexity index is 395. The molecule has 1 aromatic heterocycles. The summed E-state index contributed by atoms with van der Waals surface area (Å²) in [4.78, 5) is 14.3. The van der Waals surface area contributed by atoms with Gasteiger partial charge in [-0.2, -0.15) is 5.10 Å². The third kappa shape index (κ3) is 3.10. The maximum absolute atomic E-state index is 12.4. The molecule has 5 heteroatoms. The highest BCUT2D eigenvalue weighted by Gasteiger charge is 2.24. The normalized spacial score (nSPS) is 17.8. The largest absolute Gasteiger partial charge is 0.342 e. The first kappa shape index (κ1) is 13.1. The molecule has 2 heterocycles. The van der Waals surface area contributed by atoms with Gasteiger partial charge in [-0.15, -0.1) is 0 Å². The predicted molar refractivity (Wildman–Crippen MR) is 69.9 cm³/mol. The van der Waals surface area contributed by atoms with Crippen molar-refractivity contribution >= 4 is 5.91 Å². The van der Waals surface area contributed by atoms with Crippen LogP contribution in [0.4, 0.5) is 0 Å². The number of carbonyl (C=O) groups is 1. The summed E-state index contributed by atoms with van der Waals surface area (Å²) in [6.45, 7) is 2.19. The quantitative estimate of drug-likeness (QED) is 0.848. The number of hydrogen-bond acceptors (Lipinski definition) is 3. The van der Waals surface area contributed by atoms with Crippen LogP contribution in [0.1, 0.15) is 24.8 Å². The van der Waals surface area contributed by atoms with Gasteiger partial charge in [0, 0.05) is 32.9 Å². The van der Waals surface area contributed by atoms with Crippen LogP contribution in [0.2, 0.25) is 0 Å². The summed E-state index contributed by atoms with van der Waals surface area (Å²) in [5.41, 5.74) is 6.84. The molecule has 1 aromatic rings. The molecule has 2 rings (SSSR count). The minimum atomic E-state index is -0.104. The molecule has 1 aliphatic heterocycles. The van der Waals surface area contributed by atoms with E-state index in [1.165, 1.54) is 6.42 Å². The Kier molecular flexibility index (Phi) is 4.36. The second kappa shape index (κ2) is 6.00. The number of piperidine rings is 1. The number of likely N-dealkylation sites (tertiary alicyclic amines) is 1. The Balaban J connectivity index is 1.96. The number of nitrogens with zero attached hydrogens (tertiary/aromatic N) is 3. The van der Waals surface area contributed by atoms with E-state index >= 15 is 0 Å². The average molecular weight is 250 g/mol. The topological polar surface area (TPSA) is 64.2 Å². The van der Waals surface area contributed by atoms with E-state index in [4.69, 9.17) is 5.73 Å². The lowest BCUT2D eigenvalue weighted by Gasteiger charge is -2.30. The standard InChI is InChI=1S/C13H22N4O/c1-16-10-11(9-15-16)7-12(8-14)13(18)17-5-3-2-4-6-17/h9-10,12H,2-8,14H2,1H3. The summed E-state index contributed by atoms with van der Waals surface area (Å²) in [7, 11) is 1.88. The summed E-state index contributed by atoms with van der Waals surface area (Å²) >= 11 is 0. The first-order chi connectivity index (χ1) is 8.70. The van der Waals surface area contributed by atoms with Crippen LogP contribution in [0.15, 0.2) is 12.4 Å². The smallest absolute Gasteiger partial charge is 0.227 e. The fraction of sp³-hybridized carbons (Fsp3) is 0.692. The van der Waals surface area contributed by atoms with E-state index in [-0.39, 0.29) is 11.8 Å². The van der Waals surface area contributed by atoms with Crippen LogP contribution >= 0.6 is 0 Å². The fourth-order valence-electron chi connectivity index (χ4n) is 2.51. The number of aryl methyl sites for hydroxylation is 1. The highest BCUT2D eigenvalue weighted by Crippen LogP contribution is 2.15. The molecule has 1 unspecified atom stereocenters. The monoisotopic (exact) mass is 250 g/mol. The van der Waals surface area contributed by atoms with Gasteiger partial charge in [0.05, 0.1) is 12.1 Å². The first-order valence-corrected chi connectivity index (χ1v) is 6.67. The van der Waals surface area contributed by atoms with Crippen LogP contribution in [0.5, 0.6) is 0 Å². The van der Waals surface area contributed by atoms with Gasteiger partial charge < -0.3 is 10.6 Å². The predicted octanol–water partition coefficient (Wildman–Crippen LogP) is 0.550. The molecule has 1 saturated heterocycles. The van der Waals surface area contributed by atoms with Gasteiger partial charge in [-0.3, -0.25) is 9.48 Å². The Labute approximate surface area is 108 Å². The zero-order valence-corrected chi connectivity index (χ0v) is 11.0. The Hall–Kier alpha value is -1.36. The lowest BCUT2D eigenvalue weighted by atomic mass is 9.99. The van der Waals surface area contributed by atoms with E-state index < -0.39 is 0 Å². The third-order valence-corrected chi connectivity index (χ3v) is 3.54. The number of rotatable bonds is 4. The molecule has 0 spiro atoms. The van der Waals surface area contributed by atoms with Gasteiger partial charge in [-0.1, -0.05) is 0 Å². The summed E-state index contributed by atoms with van der Waals surface area (Å²) in [5, 5.41) is 4.13. The summed E-state index contributed by atoms with van der Waals surface area (Å²) in [5.74, 6) is 0.105. The van der Waals surface area contributed by atoms with Gasteiger partial charge in [0.2, 0.25) is 5.91 Å². The van der Waals surface area contributed by atoms with Gasteiger partial charge in [0.25, 0.3) is 0 Å². The first-order valence-electron chi connectivity index (χ1n) is 6.67. The van der Waals surface area contributed by atoms with Crippen LogP contribution in [0.3, 0.4) is 0 Å². The minimum absolute atomic E-state index is 0.104. The zero-order valence-electron chi connectivity index (χ0n) is 11.0. The molecule has 0 radical (unpaired) electrons. The average Bonchev–Trinajstić information content (AvgIpc) is 2.82.